The highest BCUT2D eigenvalue weighted by atomic mass is 32.2. The van der Waals surface area contributed by atoms with E-state index in [2.05, 4.69) is 28.5 Å². The van der Waals surface area contributed by atoms with E-state index in [1.807, 2.05) is 49.1 Å². The van der Waals surface area contributed by atoms with Crippen LogP contribution >= 0.6 is 11.8 Å². The number of hydrogen-bond acceptors (Lipinski definition) is 5. The number of piperidine rings is 1. The van der Waals surface area contributed by atoms with Gasteiger partial charge in [0.25, 0.3) is 5.91 Å². The average Bonchev–Trinajstić information content (AvgIpc) is 3.44. The fourth-order valence-electron chi connectivity index (χ4n) is 4.78. The molecule has 7 heteroatoms. The summed E-state index contributed by atoms with van der Waals surface area (Å²) in [6.07, 6.45) is 4.02. The van der Waals surface area contributed by atoms with Crippen LogP contribution in [0.3, 0.4) is 0 Å². The third-order valence-electron chi connectivity index (χ3n) is 6.81. The van der Waals surface area contributed by atoms with Gasteiger partial charge in [0.05, 0.1) is 18.4 Å². The van der Waals surface area contributed by atoms with E-state index >= 15 is 0 Å². The Morgan fingerprint density at radius 2 is 2.00 bits per heavy atom. The number of amides is 1. The summed E-state index contributed by atoms with van der Waals surface area (Å²) < 4.78 is 10.7. The van der Waals surface area contributed by atoms with Crippen LogP contribution in [0.15, 0.2) is 58.1 Å². The molecule has 1 N–H and O–H groups in total. The van der Waals surface area contributed by atoms with Crippen molar-refractivity contribution in [1.82, 2.24) is 15.0 Å². The molecule has 0 radical (unpaired) electrons. The number of ether oxygens (including phenoxy) is 1. The van der Waals surface area contributed by atoms with Crippen LogP contribution in [0, 0.1) is 13.8 Å². The fraction of sp³-hybridized carbons (Fsp3) is 0.333. The Bertz CT molecular complexity index is 1300. The first-order valence-corrected chi connectivity index (χ1v) is 12.6. The number of nitrogens with zero attached hydrogens (tertiary/aromatic N) is 2. The van der Waals surface area contributed by atoms with E-state index in [0.29, 0.717) is 5.92 Å². The van der Waals surface area contributed by atoms with Crippen LogP contribution in [0.4, 0.5) is 0 Å². The molecule has 4 aromatic rings. The average molecular weight is 476 g/mol. The topological polar surface area (TPSA) is 71.4 Å². The lowest BCUT2D eigenvalue weighted by atomic mass is 9.89. The molecule has 0 aliphatic carbocycles. The molecule has 1 aliphatic rings. The van der Waals surface area contributed by atoms with Crippen molar-refractivity contribution in [3.8, 4) is 5.75 Å². The second kappa shape index (κ2) is 9.58. The van der Waals surface area contributed by atoms with Crippen molar-refractivity contribution in [1.29, 1.82) is 0 Å². The number of benzene rings is 2. The van der Waals surface area contributed by atoms with Gasteiger partial charge in [0.15, 0.2) is 0 Å². The minimum atomic E-state index is 0.112. The smallest absolute Gasteiger partial charge is 0.254 e. The number of aromatic amines is 1. The number of carbonyl (C=O) groups is 1. The highest BCUT2D eigenvalue weighted by molar-refractivity contribution is 7.98. The summed E-state index contributed by atoms with van der Waals surface area (Å²) in [7, 11) is 1.70. The molecule has 1 amide bonds. The van der Waals surface area contributed by atoms with Crippen LogP contribution in [0.5, 0.6) is 5.75 Å². The van der Waals surface area contributed by atoms with Crippen molar-refractivity contribution in [2.75, 3.05) is 20.2 Å². The number of aromatic nitrogens is 2. The van der Waals surface area contributed by atoms with Crippen molar-refractivity contribution < 1.29 is 14.1 Å². The monoisotopic (exact) mass is 475 g/mol. The van der Waals surface area contributed by atoms with Crippen molar-refractivity contribution in [3.63, 3.8) is 0 Å². The second-order valence-corrected chi connectivity index (χ2v) is 9.83. The maximum absolute atomic E-state index is 13.5. The lowest BCUT2D eigenvalue weighted by molar-refractivity contribution is 0.0710. The van der Waals surface area contributed by atoms with Gasteiger partial charge in [0.1, 0.15) is 11.5 Å². The van der Waals surface area contributed by atoms with Gasteiger partial charge in [-0.15, -0.1) is 11.8 Å². The van der Waals surface area contributed by atoms with Crippen LogP contribution in [0.2, 0.25) is 0 Å². The van der Waals surface area contributed by atoms with E-state index in [1.54, 1.807) is 18.9 Å². The van der Waals surface area contributed by atoms with Gasteiger partial charge in [0.2, 0.25) is 0 Å². The molecule has 2 aromatic heterocycles. The Hall–Kier alpha value is -3.19. The lowest BCUT2D eigenvalue weighted by Gasteiger charge is -2.32. The first-order valence-electron chi connectivity index (χ1n) is 11.6. The van der Waals surface area contributed by atoms with Gasteiger partial charge in [-0.3, -0.25) is 4.79 Å². The molecule has 0 spiro atoms. The Labute approximate surface area is 203 Å². The van der Waals surface area contributed by atoms with Gasteiger partial charge in [-0.25, -0.2) is 0 Å². The molecule has 1 fully saturated rings. The maximum Gasteiger partial charge on any atom is 0.254 e. The molecule has 34 heavy (non-hydrogen) atoms. The lowest BCUT2D eigenvalue weighted by Crippen LogP contribution is -2.38. The van der Waals surface area contributed by atoms with Crippen LogP contribution in [-0.2, 0) is 5.75 Å². The molecule has 2 aromatic carbocycles. The highest BCUT2D eigenvalue weighted by Crippen LogP contribution is 2.36. The molecule has 6 nitrogen and oxygen atoms in total. The molecule has 0 saturated carbocycles. The summed E-state index contributed by atoms with van der Waals surface area (Å²) in [4.78, 5) is 19.9. The number of fused-ring (bicyclic) bond motifs is 1. The zero-order valence-corrected chi connectivity index (χ0v) is 20.6. The molecule has 1 saturated heterocycles. The summed E-state index contributed by atoms with van der Waals surface area (Å²) >= 11 is 1.67. The number of carbonyl (C=O) groups excluding carboxylic acids is 1. The fourth-order valence-corrected chi connectivity index (χ4v) is 5.97. The number of methoxy groups -OCH3 is 1. The summed E-state index contributed by atoms with van der Waals surface area (Å²) in [6, 6.07) is 14.0. The third-order valence-corrected chi connectivity index (χ3v) is 7.91. The zero-order chi connectivity index (χ0) is 23.7. The third kappa shape index (κ3) is 4.32. The predicted octanol–water partition coefficient (Wildman–Crippen LogP) is 6.09. The van der Waals surface area contributed by atoms with Crippen molar-refractivity contribution in [2.45, 2.75) is 43.3 Å². The van der Waals surface area contributed by atoms with Crippen molar-refractivity contribution >= 4 is 28.6 Å². The summed E-state index contributed by atoms with van der Waals surface area (Å²) in [5.41, 5.74) is 5.22. The van der Waals surface area contributed by atoms with Crippen LogP contribution < -0.4 is 4.74 Å². The number of nitrogens with one attached hydrogen (secondary N) is 1. The number of thioether (sulfide) groups is 1. The van der Waals surface area contributed by atoms with Gasteiger partial charge in [-0.2, -0.15) is 0 Å². The Morgan fingerprint density at radius 1 is 1.21 bits per heavy atom. The highest BCUT2D eigenvalue weighted by Gasteiger charge is 2.27. The minimum Gasteiger partial charge on any atom is -0.497 e. The molecule has 0 atom stereocenters. The molecule has 0 bridgehead atoms. The molecule has 3 heterocycles. The van der Waals surface area contributed by atoms with E-state index in [-0.39, 0.29) is 5.91 Å². The first-order chi connectivity index (χ1) is 16.5. The number of H-pyrrole nitrogens is 1. The first kappa shape index (κ1) is 22.6. The SMILES string of the molecule is COc1ccc2[nH]cc(C3CCN(C(=O)c4ccccc4SCc4c(C)noc4C)CC3)c2c1. The summed E-state index contributed by atoms with van der Waals surface area (Å²) in [6.45, 7) is 5.39. The number of aryl methyl sites for hydroxylation is 2. The van der Waals surface area contributed by atoms with E-state index in [9.17, 15) is 4.79 Å². The van der Waals surface area contributed by atoms with Crippen LogP contribution in [0.25, 0.3) is 10.9 Å². The number of hydrogen-bond donors (Lipinski definition) is 1. The summed E-state index contributed by atoms with van der Waals surface area (Å²) in [5, 5.41) is 5.26. The van der Waals surface area contributed by atoms with E-state index in [0.717, 1.165) is 70.4 Å². The van der Waals surface area contributed by atoms with Crippen molar-refractivity contribution in [2.24, 2.45) is 0 Å². The standard InChI is InChI=1S/C27H29N3O3S/c1-17-24(18(2)33-29-17)16-34-26-7-5-4-6-21(26)27(31)30-12-10-19(11-13-30)23-15-28-25-9-8-20(32-3)14-22(23)25/h4-9,14-15,19,28H,10-13,16H2,1-3H3. The van der Waals surface area contributed by atoms with Gasteiger partial charge >= 0.3 is 0 Å². The van der Waals surface area contributed by atoms with E-state index in [4.69, 9.17) is 9.26 Å². The molecule has 176 valence electrons. The molecule has 5 rings (SSSR count). The van der Waals surface area contributed by atoms with E-state index < -0.39 is 0 Å². The molecule has 0 unspecified atom stereocenters. The summed E-state index contributed by atoms with van der Waals surface area (Å²) in [5.74, 6) is 2.98. The van der Waals surface area contributed by atoms with Crippen LogP contribution in [-0.4, -0.2) is 41.1 Å². The molecular formula is C27H29N3O3S. The van der Waals surface area contributed by atoms with Gasteiger partial charge in [-0.05, 0) is 68.5 Å². The Balaban J connectivity index is 1.28. The van der Waals surface area contributed by atoms with Crippen molar-refractivity contribution in [3.05, 3.63) is 76.8 Å². The van der Waals surface area contributed by atoms with Gasteiger partial charge in [-0.1, -0.05) is 17.3 Å². The minimum absolute atomic E-state index is 0.112. The zero-order valence-electron chi connectivity index (χ0n) is 19.8. The Kier molecular flexibility index (Phi) is 6.37. The van der Waals surface area contributed by atoms with Crippen LogP contribution in [0.1, 0.15) is 51.7 Å². The predicted molar refractivity (Wildman–Crippen MR) is 135 cm³/mol. The Morgan fingerprint density at radius 3 is 2.74 bits per heavy atom. The van der Waals surface area contributed by atoms with Gasteiger partial charge in [0, 0.05) is 46.4 Å². The molecule has 1 aliphatic heterocycles. The number of likely N-dealkylation sites (tertiary alicyclic amines) is 1. The normalized spacial score (nSPS) is 14.6. The largest absolute Gasteiger partial charge is 0.497 e. The quantitative estimate of drug-likeness (QED) is 0.342. The molecular weight excluding hydrogens is 446 g/mol. The number of rotatable bonds is 6. The van der Waals surface area contributed by atoms with E-state index in [1.165, 1.54) is 10.9 Å². The second-order valence-electron chi connectivity index (χ2n) is 8.81. The van der Waals surface area contributed by atoms with Gasteiger partial charge < -0.3 is 19.1 Å². The maximum atomic E-state index is 13.5.